The number of ether oxygens (including phenoxy) is 2. The van der Waals surface area contributed by atoms with Gasteiger partial charge in [-0.05, 0) is 107 Å². The van der Waals surface area contributed by atoms with E-state index < -0.39 is 40.7 Å². The lowest BCUT2D eigenvalue weighted by atomic mass is 9.74. The number of carboxylic acid groups (broad SMARTS) is 2. The second-order valence-corrected chi connectivity index (χ2v) is 17.8. The quantitative estimate of drug-likeness (QED) is 0.0936. The van der Waals surface area contributed by atoms with Gasteiger partial charge in [0.25, 0.3) is 0 Å². The first-order chi connectivity index (χ1) is 28.3. The highest BCUT2D eigenvalue weighted by Crippen LogP contribution is 2.44. The van der Waals surface area contributed by atoms with Crippen LogP contribution >= 0.6 is 0 Å². The Morgan fingerprint density at radius 1 is 0.583 bits per heavy atom. The summed E-state index contributed by atoms with van der Waals surface area (Å²) in [5.74, 6) is -2.69. The van der Waals surface area contributed by atoms with Crippen LogP contribution in [0.3, 0.4) is 0 Å². The highest BCUT2D eigenvalue weighted by Gasteiger charge is 2.43. The number of rotatable bonds is 16. The van der Waals surface area contributed by atoms with Crippen molar-refractivity contribution in [1.82, 2.24) is 5.32 Å². The van der Waals surface area contributed by atoms with Gasteiger partial charge in [-0.15, -0.1) is 0 Å². The number of carbonyl (C=O) groups is 5. The molecule has 1 amide bonds. The van der Waals surface area contributed by atoms with E-state index in [9.17, 15) is 34.2 Å². The van der Waals surface area contributed by atoms with Gasteiger partial charge in [0.05, 0.1) is 12.8 Å². The summed E-state index contributed by atoms with van der Waals surface area (Å²) < 4.78 is 10.8. The zero-order valence-corrected chi connectivity index (χ0v) is 35.9. The van der Waals surface area contributed by atoms with Crippen molar-refractivity contribution in [3.8, 4) is 22.3 Å². The van der Waals surface area contributed by atoms with Crippen LogP contribution in [-0.4, -0.2) is 57.2 Å². The van der Waals surface area contributed by atoms with Crippen molar-refractivity contribution >= 4 is 29.8 Å². The zero-order chi connectivity index (χ0) is 43.9. The van der Waals surface area contributed by atoms with Crippen molar-refractivity contribution in [2.24, 2.45) is 11.3 Å². The van der Waals surface area contributed by atoms with Crippen LogP contribution < -0.4 is 5.32 Å². The van der Waals surface area contributed by atoms with Crippen LogP contribution in [0.5, 0.6) is 0 Å². The van der Waals surface area contributed by atoms with E-state index in [4.69, 9.17) is 9.47 Å². The van der Waals surface area contributed by atoms with Gasteiger partial charge in [-0.25, -0.2) is 4.79 Å². The smallest absolute Gasteiger partial charge is 0.407 e. The molecule has 2 unspecified atom stereocenters. The number of alkyl carbamates (subject to hydrolysis) is 1. The molecule has 4 aromatic rings. The van der Waals surface area contributed by atoms with Gasteiger partial charge in [0.1, 0.15) is 17.0 Å². The van der Waals surface area contributed by atoms with Crippen molar-refractivity contribution < 1.29 is 43.7 Å². The molecule has 1 saturated carbocycles. The minimum atomic E-state index is -0.962. The second-order valence-electron chi connectivity index (χ2n) is 17.8. The van der Waals surface area contributed by atoms with Gasteiger partial charge >= 0.3 is 24.0 Å². The number of amides is 1. The van der Waals surface area contributed by atoms with Crippen molar-refractivity contribution in [1.29, 1.82) is 0 Å². The van der Waals surface area contributed by atoms with Gasteiger partial charge in [0, 0.05) is 24.3 Å². The number of nitrogens with one attached hydrogen (secondary N) is 1. The third-order valence-corrected chi connectivity index (χ3v) is 10.3. The normalized spacial score (nSPS) is 14.4. The van der Waals surface area contributed by atoms with Crippen LogP contribution in [0.25, 0.3) is 22.3 Å². The van der Waals surface area contributed by atoms with E-state index >= 15 is 0 Å². The Labute approximate surface area is 354 Å². The number of hydrogen-bond acceptors (Lipinski definition) is 7. The molecule has 1 aliphatic carbocycles. The number of carboxylic acids is 2. The van der Waals surface area contributed by atoms with Crippen LogP contribution in [0.4, 0.5) is 4.79 Å². The molecule has 0 radical (unpaired) electrons. The maximum absolute atomic E-state index is 13.1. The van der Waals surface area contributed by atoms with Gasteiger partial charge in [-0.2, -0.15) is 0 Å². The third-order valence-electron chi connectivity index (χ3n) is 10.3. The van der Waals surface area contributed by atoms with Crippen LogP contribution in [0.2, 0.25) is 0 Å². The Morgan fingerprint density at radius 3 is 1.47 bits per heavy atom. The lowest BCUT2D eigenvalue weighted by Crippen LogP contribution is -2.42. The molecule has 0 bridgehead atoms. The van der Waals surface area contributed by atoms with Crippen molar-refractivity contribution in [2.45, 2.75) is 123 Å². The minimum Gasteiger partial charge on any atom is -0.481 e. The number of benzene rings is 4. The van der Waals surface area contributed by atoms with Crippen LogP contribution in [0, 0.1) is 11.3 Å². The number of hydrogen-bond donors (Lipinski definition) is 3. The van der Waals surface area contributed by atoms with Crippen LogP contribution in [0.15, 0.2) is 109 Å². The fourth-order valence-electron chi connectivity index (χ4n) is 7.62. The molecular formula is C50H61NO9. The Kier molecular flexibility index (Phi) is 16.8. The highest BCUT2D eigenvalue weighted by molar-refractivity contribution is 5.89. The Balaban J connectivity index is 0.000000265. The van der Waals surface area contributed by atoms with Gasteiger partial charge in [-0.3, -0.25) is 19.2 Å². The first kappa shape index (κ1) is 46.9. The average Bonchev–Trinajstić information content (AvgIpc) is 3.64. The Bertz CT molecular complexity index is 1980. The van der Waals surface area contributed by atoms with Crippen molar-refractivity contribution in [2.75, 3.05) is 0 Å². The van der Waals surface area contributed by atoms with E-state index in [0.717, 1.165) is 46.2 Å². The summed E-state index contributed by atoms with van der Waals surface area (Å²) in [6.45, 7) is 10.9. The van der Waals surface area contributed by atoms with Crippen LogP contribution in [-0.2, 0) is 41.5 Å². The van der Waals surface area contributed by atoms with Gasteiger partial charge in [0.2, 0.25) is 0 Å². The van der Waals surface area contributed by atoms with E-state index in [1.165, 1.54) is 0 Å². The predicted octanol–water partition coefficient (Wildman–Crippen LogP) is 10.5. The molecule has 3 N–H and O–H groups in total. The Morgan fingerprint density at radius 2 is 1.03 bits per heavy atom. The summed E-state index contributed by atoms with van der Waals surface area (Å²) in [5, 5.41) is 21.4. The maximum Gasteiger partial charge on any atom is 0.407 e. The molecule has 1 aliphatic rings. The summed E-state index contributed by atoms with van der Waals surface area (Å²) in [6.07, 6.45) is 3.23. The number of Topliss-reactive ketones (excluding diaryl/α,β-unsaturated/α-hetero) is 1. The molecule has 10 nitrogen and oxygen atoms in total. The molecule has 2 atom stereocenters. The predicted molar refractivity (Wildman–Crippen MR) is 233 cm³/mol. The maximum atomic E-state index is 13.1. The lowest BCUT2D eigenvalue weighted by molar-refractivity contribution is -0.155. The fraction of sp³-hybridized carbons (Fsp3) is 0.420. The Hall–Kier alpha value is -5.77. The summed E-state index contributed by atoms with van der Waals surface area (Å²) in [6, 6.07) is 35.8. The first-order valence-corrected chi connectivity index (χ1v) is 20.8. The van der Waals surface area contributed by atoms with Crippen LogP contribution in [0.1, 0.15) is 104 Å². The number of esters is 1. The first-order valence-electron chi connectivity index (χ1n) is 20.8. The van der Waals surface area contributed by atoms with Gasteiger partial charge < -0.3 is 25.0 Å². The average molecular weight is 820 g/mol. The van der Waals surface area contributed by atoms with Crippen molar-refractivity contribution in [3.63, 3.8) is 0 Å². The summed E-state index contributed by atoms with van der Waals surface area (Å²) in [4.78, 5) is 60.4. The van der Waals surface area contributed by atoms with E-state index in [-0.39, 0.29) is 43.4 Å². The van der Waals surface area contributed by atoms with E-state index in [1.807, 2.05) is 118 Å². The summed E-state index contributed by atoms with van der Waals surface area (Å²) in [5.41, 5.74) is 4.42. The second kappa shape index (κ2) is 21.5. The number of carbonyl (C=O) groups excluding carboxylic acids is 3. The summed E-state index contributed by atoms with van der Waals surface area (Å²) in [7, 11) is 0. The topological polar surface area (TPSA) is 156 Å². The molecule has 4 aromatic carbocycles. The number of aliphatic carboxylic acids is 2. The highest BCUT2D eigenvalue weighted by atomic mass is 16.6. The molecule has 0 aromatic heterocycles. The molecule has 5 rings (SSSR count). The van der Waals surface area contributed by atoms with Gasteiger partial charge in [-0.1, -0.05) is 122 Å². The van der Waals surface area contributed by atoms with Gasteiger partial charge in [0.15, 0.2) is 0 Å². The molecule has 0 saturated heterocycles. The monoisotopic (exact) mass is 819 g/mol. The molecule has 0 aliphatic heterocycles. The molecular weight excluding hydrogens is 759 g/mol. The molecule has 1 fully saturated rings. The SMILES string of the molecule is CC(C)(C)OC(=O)CC(Cc1ccc(-c2ccccc2)cc1)NC(=O)OC(C)(C)C.O=C(O)CC(CC(=O)C1(CC(=O)O)CCCC1)Cc1ccc(-c2ccccc2)cc1. The molecule has 320 valence electrons. The molecule has 0 heterocycles. The fourth-order valence-corrected chi connectivity index (χ4v) is 7.62. The zero-order valence-electron chi connectivity index (χ0n) is 35.9. The third kappa shape index (κ3) is 16.1. The lowest BCUT2D eigenvalue weighted by Gasteiger charge is -2.27. The minimum absolute atomic E-state index is 0.0664. The molecule has 60 heavy (non-hydrogen) atoms. The molecule has 0 spiro atoms. The standard InChI is InChI=1S/C25H33NO4.C25H28O5/c1-24(2,3)29-22(27)17-21(26-23(28)30-25(4,5)6)16-18-12-14-20(15-13-18)19-10-8-7-9-11-19;26-22(25(17-24(29)30)12-4-5-13-25)15-19(16-23(27)28)14-18-8-10-21(11-9-18)20-6-2-1-3-7-20/h7-15,21H,16-17H2,1-6H3,(H,26,28);1-3,6-11,19H,4-5,12-17H2,(H,27,28)(H,29,30). The largest absolute Gasteiger partial charge is 0.481 e. The molecule has 10 heteroatoms. The van der Waals surface area contributed by atoms with E-state index in [0.29, 0.717) is 25.7 Å². The van der Waals surface area contributed by atoms with E-state index in [1.54, 1.807) is 20.8 Å². The van der Waals surface area contributed by atoms with E-state index in [2.05, 4.69) is 17.4 Å². The summed E-state index contributed by atoms with van der Waals surface area (Å²) >= 11 is 0. The van der Waals surface area contributed by atoms with Crippen molar-refractivity contribution in [3.05, 3.63) is 120 Å². The number of ketones is 1.